The van der Waals surface area contributed by atoms with E-state index in [1.54, 1.807) is 13.2 Å². The van der Waals surface area contributed by atoms with Gasteiger partial charge in [-0.3, -0.25) is 9.48 Å². The number of hydrogen-bond donors (Lipinski definition) is 0. The van der Waals surface area contributed by atoms with E-state index in [-0.39, 0.29) is 5.78 Å². The Morgan fingerprint density at radius 3 is 2.73 bits per heavy atom. The molecule has 15 heavy (non-hydrogen) atoms. The number of ketones is 1. The number of aromatic nitrogens is 3. The second-order valence-electron chi connectivity index (χ2n) is 3.04. The van der Waals surface area contributed by atoms with Gasteiger partial charge < -0.3 is 0 Å². The van der Waals surface area contributed by atoms with Gasteiger partial charge in [-0.15, -0.1) is 11.3 Å². The normalized spacial score (nSPS) is 10.6. The molecule has 6 heteroatoms. The highest BCUT2D eigenvalue weighted by molar-refractivity contribution is 7.13. The number of halogens is 1. The van der Waals surface area contributed by atoms with Gasteiger partial charge in [-0.25, -0.2) is 4.98 Å². The second kappa shape index (κ2) is 3.75. The lowest BCUT2D eigenvalue weighted by Crippen LogP contribution is -2.07. The third kappa shape index (κ3) is 1.80. The van der Waals surface area contributed by atoms with Crippen molar-refractivity contribution in [2.24, 2.45) is 7.05 Å². The van der Waals surface area contributed by atoms with Crippen LogP contribution in [0.5, 0.6) is 0 Å². The van der Waals surface area contributed by atoms with E-state index in [1.807, 2.05) is 6.92 Å². The van der Waals surface area contributed by atoms with E-state index in [9.17, 15) is 4.79 Å². The summed E-state index contributed by atoms with van der Waals surface area (Å²) in [5, 5.41) is 5.14. The molecule has 0 aliphatic rings. The molecular formula is C9H8ClN3OS. The lowest BCUT2D eigenvalue weighted by molar-refractivity contribution is 0.103. The van der Waals surface area contributed by atoms with Crippen molar-refractivity contribution in [3.63, 3.8) is 0 Å². The van der Waals surface area contributed by atoms with Gasteiger partial charge in [0, 0.05) is 13.2 Å². The van der Waals surface area contributed by atoms with Crippen LogP contribution in [0.3, 0.4) is 0 Å². The number of carbonyl (C=O) groups is 1. The first kappa shape index (κ1) is 10.3. The van der Waals surface area contributed by atoms with Crippen LogP contribution >= 0.6 is 22.9 Å². The fourth-order valence-electron chi connectivity index (χ4n) is 1.25. The van der Waals surface area contributed by atoms with E-state index in [0.717, 1.165) is 5.01 Å². The molecule has 0 N–H and O–H groups in total. The number of hydrogen-bond acceptors (Lipinski definition) is 4. The summed E-state index contributed by atoms with van der Waals surface area (Å²) in [7, 11) is 1.69. The van der Waals surface area contributed by atoms with Gasteiger partial charge in [0.25, 0.3) is 0 Å². The third-order valence-electron chi connectivity index (χ3n) is 1.95. The summed E-state index contributed by atoms with van der Waals surface area (Å²) in [6.45, 7) is 1.85. The monoisotopic (exact) mass is 241 g/mol. The van der Waals surface area contributed by atoms with E-state index in [2.05, 4.69) is 10.1 Å². The highest BCUT2D eigenvalue weighted by Crippen LogP contribution is 2.21. The van der Waals surface area contributed by atoms with Crippen molar-refractivity contribution >= 4 is 28.7 Å². The Balaban J connectivity index is 2.45. The number of rotatable bonds is 2. The fraction of sp³-hybridized carbons (Fsp3) is 0.222. The van der Waals surface area contributed by atoms with E-state index < -0.39 is 0 Å². The van der Waals surface area contributed by atoms with Crippen LogP contribution in [0.4, 0.5) is 0 Å². The predicted molar refractivity (Wildman–Crippen MR) is 58.5 cm³/mol. The molecular weight excluding hydrogens is 234 g/mol. The summed E-state index contributed by atoms with van der Waals surface area (Å²) >= 11 is 7.23. The first-order valence-electron chi connectivity index (χ1n) is 4.24. The summed E-state index contributed by atoms with van der Waals surface area (Å²) in [6, 6.07) is 0. The molecule has 0 fully saturated rings. The second-order valence-corrected chi connectivity index (χ2v) is 4.68. The van der Waals surface area contributed by atoms with Crippen LogP contribution in [0, 0.1) is 6.92 Å². The quantitative estimate of drug-likeness (QED) is 0.757. The standard InChI is InChI=1S/C9H8ClN3OS/c1-5-11-4-7(15-5)9(14)8-6(10)3-12-13(8)2/h3-4H,1-2H3. The SMILES string of the molecule is Cc1ncc(C(=O)c2c(Cl)cnn2C)s1. The van der Waals surface area contributed by atoms with Crippen LogP contribution in [-0.4, -0.2) is 20.5 Å². The Bertz CT molecular complexity index is 498. The van der Waals surface area contributed by atoms with Crippen molar-refractivity contribution in [1.82, 2.24) is 14.8 Å². The Kier molecular flexibility index (Phi) is 2.58. The van der Waals surface area contributed by atoms with Crippen LogP contribution in [0.15, 0.2) is 12.4 Å². The highest BCUT2D eigenvalue weighted by Gasteiger charge is 2.19. The van der Waals surface area contributed by atoms with Gasteiger partial charge in [0.2, 0.25) is 5.78 Å². The number of carbonyl (C=O) groups excluding carboxylic acids is 1. The lowest BCUT2D eigenvalue weighted by atomic mass is 10.2. The molecule has 0 saturated carbocycles. The van der Waals surface area contributed by atoms with E-state index in [1.165, 1.54) is 22.2 Å². The molecule has 0 spiro atoms. The van der Waals surface area contributed by atoms with Crippen LogP contribution < -0.4 is 0 Å². The minimum absolute atomic E-state index is 0.134. The molecule has 0 atom stereocenters. The first-order chi connectivity index (χ1) is 7.09. The summed E-state index contributed by atoms with van der Waals surface area (Å²) in [5.74, 6) is -0.134. The number of aryl methyl sites for hydroxylation is 2. The van der Waals surface area contributed by atoms with E-state index in [4.69, 9.17) is 11.6 Å². The van der Waals surface area contributed by atoms with E-state index in [0.29, 0.717) is 15.6 Å². The summed E-state index contributed by atoms with van der Waals surface area (Å²) in [5.41, 5.74) is 0.403. The largest absolute Gasteiger partial charge is 0.286 e. The molecule has 2 aromatic rings. The van der Waals surface area contributed by atoms with Crippen molar-refractivity contribution < 1.29 is 4.79 Å². The molecule has 2 rings (SSSR count). The molecule has 0 bridgehead atoms. The minimum atomic E-state index is -0.134. The summed E-state index contributed by atoms with van der Waals surface area (Å²) < 4.78 is 1.47. The molecule has 2 heterocycles. The maximum absolute atomic E-state index is 12.0. The average Bonchev–Trinajstić information content (AvgIpc) is 2.73. The van der Waals surface area contributed by atoms with Crippen molar-refractivity contribution in [2.75, 3.05) is 0 Å². The van der Waals surface area contributed by atoms with Crippen molar-refractivity contribution in [3.8, 4) is 0 Å². The zero-order chi connectivity index (χ0) is 11.0. The Morgan fingerprint density at radius 1 is 1.53 bits per heavy atom. The topological polar surface area (TPSA) is 47.8 Å². The van der Waals surface area contributed by atoms with Crippen molar-refractivity contribution in [3.05, 3.63) is 33.0 Å². The molecule has 0 aromatic carbocycles. The van der Waals surface area contributed by atoms with Gasteiger partial charge in [0.1, 0.15) is 5.69 Å². The molecule has 0 amide bonds. The van der Waals surface area contributed by atoms with Crippen molar-refractivity contribution in [2.45, 2.75) is 6.92 Å². The zero-order valence-corrected chi connectivity index (χ0v) is 9.76. The van der Waals surface area contributed by atoms with Crippen LogP contribution in [-0.2, 0) is 7.05 Å². The predicted octanol–water partition coefficient (Wildman–Crippen LogP) is 2.07. The van der Waals surface area contributed by atoms with Crippen molar-refractivity contribution in [1.29, 1.82) is 0 Å². The van der Waals surface area contributed by atoms with Gasteiger partial charge >= 0.3 is 0 Å². The molecule has 0 aliphatic heterocycles. The molecule has 2 aromatic heterocycles. The van der Waals surface area contributed by atoms with Gasteiger partial charge in [0.05, 0.1) is 21.1 Å². The molecule has 0 unspecified atom stereocenters. The average molecular weight is 242 g/mol. The summed E-state index contributed by atoms with van der Waals surface area (Å²) in [4.78, 5) is 16.6. The Hall–Kier alpha value is -1.20. The van der Waals surface area contributed by atoms with E-state index >= 15 is 0 Å². The molecule has 4 nitrogen and oxygen atoms in total. The first-order valence-corrected chi connectivity index (χ1v) is 5.43. The Labute approximate surface area is 95.5 Å². The van der Waals surface area contributed by atoms with Crippen LogP contribution in [0.1, 0.15) is 20.4 Å². The van der Waals surface area contributed by atoms with Gasteiger partial charge in [-0.2, -0.15) is 5.10 Å². The lowest BCUT2D eigenvalue weighted by Gasteiger charge is -1.98. The van der Waals surface area contributed by atoms with Gasteiger partial charge in [-0.05, 0) is 6.92 Å². The zero-order valence-electron chi connectivity index (χ0n) is 8.19. The molecule has 0 saturated heterocycles. The van der Waals surface area contributed by atoms with Crippen LogP contribution in [0.25, 0.3) is 0 Å². The Morgan fingerprint density at radius 2 is 2.27 bits per heavy atom. The third-order valence-corrected chi connectivity index (χ3v) is 3.14. The van der Waals surface area contributed by atoms with Crippen LogP contribution in [0.2, 0.25) is 5.02 Å². The maximum Gasteiger partial charge on any atom is 0.224 e. The van der Waals surface area contributed by atoms with Gasteiger partial charge in [-0.1, -0.05) is 11.6 Å². The molecule has 78 valence electrons. The number of nitrogens with zero attached hydrogens (tertiary/aromatic N) is 3. The van der Waals surface area contributed by atoms with Gasteiger partial charge in [0.15, 0.2) is 0 Å². The smallest absolute Gasteiger partial charge is 0.224 e. The fourth-order valence-corrected chi connectivity index (χ4v) is 2.22. The highest BCUT2D eigenvalue weighted by atomic mass is 35.5. The molecule has 0 aliphatic carbocycles. The summed E-state index contributed by atoms with van der Waals surface area (Å²) in [6.07, 6.45) is 3.02. The maximum atomic E-state index is 12.0. The number of thiazole rings is 1. The minimum Gasteiger partial charge on any atom is -0.286 e. The molecule has 0 radical (unpaired) electrons.